The topological polar surface area (TPSA) is 286 Å². The zero-order chi connectivity index (χ0) is 62.3. The van der Waals surface area contributed by atoms with Crippen LogP contribution in [0.1, 0.15) is 88.9 Å². The zero-order valence-corrected chi connectivity index (χ0v) is 51.7. The number of aromatic amines is 1. The van der Waals surface area contributed by atoms with Crippen LogP contribution in [0.2, 0.25) is 15.1 Å². The van der Waals surface area contributed by atoms with Crippen LogP contribution in [0.15, 0.2) is 157 Å². The molecule has 18 rings (SSSR count). The van der Waals surface area contributed by atoms with E-state index in [4.69, 9.17) is 60.0 Å². The Labute approximate surface area is 535 Å². The molecule has 0 bridgehead atoms. The van der Waals surface area contributed by atoms with E-state index in [9.17, 15) is 14.4 Å². The molecule has 0 unspecified atom stereocenters. The molecular weight excluding hydrogens is 1250 g/mol. The number of hydrogen-bond donors (Lipinski definition) is 1. The summed E-state index contributed by atoms with van der Waals surface area (Å²) in [5, 5.41) is 14.7. The van der Waals surface area contributed by atoms with Gasteiger partial charge in [-0.3, -0.25) is 23.5 Å². The summed E-state index contributed by atoms with van der Waals surface area (Å²) >= 11 is 24.0. The highest BCUT2D eigenvalue weighted by Gasteiger charge is 2.57. The second kappa shape index (κ2) is 23.4. The Balaban J connectivity index is 0.000000106. The number of aromatic nitrogens is 18. The fourth-order valence-corrected chi connectivity index (χ4v) is 13.9. The van der Waals surface area contributed by atoms with Crippen molar-refractivity contribution in [3.63, 3.8) is 0 Å². The maximum Gasteiger partial charge on any atom is 0.280 e. The number of hydrogen-bond acceptors (Lipinski definition) is 18. The first-order valence-electron chi connectivity index (χ1n) is 29.2. The maximum absolute atomic E-state index is 12.7. The lowest BCUT2D eigenvalue weighted by molar-refractivity contribution is 0.363. The van der Waals surface area contributed by atoms with E-state index in [1.54, 1.807) is 53.8 Å². The molecule has 24 nitrogen and oxygen atoms in total. The molecule has 1 N–H and O–H groups in total. The van der Waals surface area contributed by atoms with Crippen molar-refractivity contribution >= 4 is 96.6 Å². The van der Waals surface area contributed by atoms with Gasteiger partial charge in [0.05, 0.1) is 25.3 Å². The molecule has 12 aromatic rings. The standard InChI is InChI=1S/2C21H17ClN6O2.C15H12Cl2N2O.C6H6N4O/c2*1-27-9-23-20-18(27)21(29)28(10-24-20)8-16-25-19(26-30-16)17-14-6-12(7-15(14)17)11-3-2-4-13(22)5-11;16-7-13-18-15(19-20-13)14-11-5-9(6-12(11)14)8-2-1-3-10(17)4-8;1-10-3-9-5-4(10)6(11)8-2-7-5/h2*2-6,9-10,14-15,17H,7-8H2,1H3;1-5,11-12,14H,6-7H2;2-3H,1H3,(H,7,8,11)/t2*14-,15+,17+;11-,12+,14+;/m100./s1. The van der Waals surface area contributed by atoms with Crippen molar-refractivity contribution in [2.24, 2.45) is 56.7 Å². The second-order valence-corrected chi connectivity index (χ2v) is 25.0. The molecule has 28 heteroatoms. The quantitative estimate of drug-likeness (QED) is 0.118. The minimum atomic E-state index is -0.183. The van der Waals surface area contributed by atoms with Crippen molar-refractivity contribution in [2.75, 3.05) is 0 Å². The van der Waals surface area contributed by atoms with Crippen LogP contribution in [0.25, 0.3) is 50.2 Å². The minimum absolute atomic E-state index is 0.157. The molecule has 6 aliphatic rings. The molecule has 9 aromatic heterocycles. The van der Waals surface area contributed by atoms with Crippen molar-refractivity contribution < 1.29 is 13.6 Å². The van der Waals surface area contributed by atoms with E-state index in [0.29, 0.717) is 104 Å². The van der Waals surface area contributed by atoms with Crippen LogP contribution in [0.3, 0.4) is 0 Å². The molecule has 458 valence electrons. The Morgan fingerprint density at radius 2 is 0.846 bits per heavy atom. The second-order valence-electron chi connectivity index (χ2n) is 23.5. The first-order valence-corrected chi connectivity index (χ1v) is 30.9. The maximum atomic E-state index is 12.7. The number of nitrogens with one attached hydrogen (secondary N) is 1. The SMILES string of the molecule is ClCc1nc([C@@H]2[C@H]3C=C(c4cccc(Cl)c4)C[C@H]32)no1.Cn1cnc2nc[nH]c(=O)c21.Cn1cnc2ncn(Cc3nc([C@@H]4[C@H]5C=C(c6cccc(Cl)c6)C[C@H]54)no3)c(=O)c21.Cn1cnc2ncn(Cc3nc([C@H]4[C@@H]5C=C(c6cccc(Cl)c6)C[C@@H]54)no3)c(=O)c21. The number of rotatable bonds is 11. The molecule has 3 saturated carbocycles. The van der Waals surface area contributed by atoms with Crippen LogP contribution in [-0.2, 0) is 40.1 Å². The van der Waals surface area contributed by atoms with Crippen molar-refractivity contribution in [3.8, 4) is 0 Å². The third-order valence-electron chi connectivity index (χ3n) is 17.8. The van der Waals surface area contributed by atoms with Crippen LogP contribution >= 0.6 is 46.4 Å². The Morgan fingerprint density at radius 1 is 0.484 bits per heavy atom. The summed E-state index contributed by atoms with van der Waals surface area (Å²) in [6, 6.07) is 23.9. The van der Waals surface area contributed by atoms with E-state index < -0.39 is 0 Å². The first kappa shape index (κ1) is 57.9. The Kier molecular flexibility index (Phi) is 14.9. The van der Waals surface area contributed by atoms with Crippen molar-refractivity contribution in [1.82, 2.24) is 88.1 Å². The number of nitrogens with zero attached hydrogens (tertiary/aromatic N) is 17. The van der Waals surface area contributed by atoms with Crippen LogP contribution < -0.4 is 16.7 Å². The average molecular weight is 1300 g/mol. The van der Waals surface area contributed by atoms with Gasteiger partial charge in [0.25, 0.3) is 16.7 Å². The first-order chi connectivity index (χ1) is 44.2. The molecule has 0 aliphatic heterocycles. The summed E-state index contributed by atoms with van der Waals surface area (Å²) in [5.74, 6) is 7.76. The molecule has 9 heterocycles. The summed E-state index contributed by atoms with van der Waals surface area (Å²) in [7, 11) is 5.29. The Morgan fingerprint density at radius 3 is 1.20 bits per heavy atom. The van der Waals surface area contributed by atoms with E-state index in [2.05, 4.69) is 102 Å². The molecule has 0 saturated heterocycles. The van der Waals surface area contributed by atoms with E-state index in [1.165, 1.54) is 61.5 Å². The zero-order valence-electron chi connectivity index (χ0n) is 48.6. The molecular formula is C63H52Cl4N18O6. The number of benzene rings is 3. The molecule has 3 aromatic carbocycles. The summed E-state index contributed by atoms with van der Waals surface area (Å²) in [4.78, 5) is 76.8. The third-order valence-corrected chi connectivity index (χ3v) is 18.7. The highest BCUT2D eigenvalue weighted by atomic mass is 35.5. The lowest BCUT2D eigenvalue weighted by Crippen LogP contribution is -2.22. The van der Waals surface area contributed by atoms with Crippen LogP contribution in [0.4, 0.5) is 0 Å². The highest BCUT2D eigenvalue weighted by molar-refractivity contribution is 6.31. The molecule has 6 aliphatic carbocycles. The normalized spacial score (nSPS) is 22.0. The highest BCUT2D eigenvalue weighted by Crippen LogP contribution is 2.64. The fourth-order valence-electron chi connectivity index (χ4n) is 13.2. The number of halogens is 4. The average Bonchev–Trinajstić information content (AvgIpc) is 1.59. The Bertz CT molecular complexity index is 4890. The molecule has 0 spiro atoms. The van der Waals surface area contributed by atoms with Crippen LogP contribution in [0, 0.1) is 35.5 Å². The van der Waals surface area contributed by atoms with Crippen LogP contribution in [-0.4, -0.2) is 88.1 Å². The molecule has 0 radical (unpaired) electrons. The number of alkyl halides is 1. The van der Waals surface area contributed by atoms with Gasteiger partial charge in [-0.15, -0.1) is 11.6 Å². The summed E-state index contributed by atoms with van der Waals surface area (Å²) < 4.78 is 23.8. The van der Waals surface area contributed by atoms with Crippen molar-refractivity contribution in [1.29, 1.82) is 0 Å². The van der Waals surface area contributed by atoms with E-state index in [0.717, 1.165) is 40.2 Å². The number of fused-ring (bicyclic) bond motifs is 6. The van der Waals surface area contributed by atoms with Gasteiger partial charge < -0.3 is 32.3 Å². The lowest BCUT2D eigenvalue weighted by atomic mass is 10.0. The summed E-state index contributed by atoms with van der Waals surface area (Å²) in [6.07, 6.45) is 19.0. The summed E-state index contributed by atoms with van der Waals surface area (Å²) in [5.41, 5.74) is 9.84. The Hall–Kier alpha value is -9.49. The number of allylic oxidation sites excluding steroid dienone is 6. The molecule has 3 fully saturated rings. The largest absolute Gasteiger partial charge is 0.338 e. The van der Waals surface area contributed by atoms with Crippen LogP contribution in [0.5, 0.6) is 0 Å². The van der Waals surface area contributed by atoms with E-state index in [1.807, 2.05) is 54.6 Å². The molecule has 91 heavy (non-hydrogen) atoms. The lowest BCUT2D eigenvalue weighted by Gasteiger charge is -2.05. The van der Waals surface area contributed by atoms with Gasteiger partial charge >= 0.3 is 0 Å². The summed E-state index contributed by atoms with van der Waals surface area (Å²) in [6.45, 7) is 0.372. The smallest absolute Gasteiger partial charge is 0.280 e. The number of H-pyrrole nitrogens is 1. The number of aryl methyl sites for hydroxylation is 3. The van der Waals surface area contributed by atoms with Gasteiger partial charge in [0.1, 0.15) is 31.6 Å². The van der Waals surface area contributed by atoms with Gasteiger partial charge in [0.15, 0.2) is 51.0 Å². The number of imidazole rings is 3. The minimum Gasteiger partial charge on any atom is -0.338 e. The van der Waals surface area contributed by atoms with Gasteiger partial charge in [-0.05, 0) is 125 Å². The van der Waals surface area contributed by atoms with Gasteiger partial charge in [-0.1, -0.05) is 105 Å². The monoisotopic (exact) mass is 1300 g/mol. The predicted molar refractivity (Wildman–Crippen MR) is 337 cm³/mol. The third kappa shape index (κ3) is 11.2. The predicted octanol–water partition coefficient (Wildman–Crippen LogP) is 10.00. The van der Waals surface area contributed by atoms with Gasteiger partial charge in [-0.2, -0.15) is 15.0 Å². The van der Waals surface area contributed by atoms with Crippen molar-refractivity contribution in [2.45, 2.75) is 56.0 Å². The van der Waals surface area contributed by atoms with Gasteiger partial charge in [0.2, 0.25) is 17.7 Å². The van der Waals surface area contributed by atoms with E-state index >= 15 is 0 Å². The van der Waals surface area contributed by atoms with E-state index in [-0.39, 0.29) is 47.5 Å². The van der Waals surface area contributed by atoms with Gasteiger partial charge in [0, 0.05) is 54.0 Å². The molecule has 9 atom stereocenters. The molecule has 0 amide bonds. The van der Waals surface area contributed by atoms with Gasteiger partial charge in [-0.25, -0.2) is 29.9 Å². The van der Waals surface area contributed by atoms with Crippen molar-refractivity contribution in [3.05, 3.63) is 227 Å². The fraction of sp³-hybridized carbons (Fsp3) is 0.286.